The van der Waals surface area contributed by atoms with E-state index in [-0.39, 0.29) is 11.8 Å². The molecule has 1 aromatic heterocycles. The van der Waals surface area contributed by atoms with E-state index >= 15 is 0 Å². The van der Waals surface area contributed by atoms with Gasteiger partial charge in [-0.25, -0.2) is 0 Å². The van der Waals surface area contributed by atoms with Crippen molar-refractivity contribution < 1.29 is 9.59 Å². The van der Waals surface area contributed by atoms with Crippen molar-refractivity contribution in [3.8, 4) is 11.3 Å². The first-order valence-electron chi connectivity index (χ1n) is 8.80. The number of hydrogen-bond donors (Lipinski definition) is 2. The lowest BCUT2D eigenvalue weighted by Gasteiger charge is -2.10. The fraction of sp³-hybridized carbons (Fsp3) is 0.136. The molecule has 6 heteroatoms. The van der Waals surface area contributed by atoms with E-state index in [9.17, 15) is 9.59 Å². The summed E-state index contributed by atoms with van der Waals surface area (Å²) in [6.45, 7) is 3.65. The molecule has 0 aliphatic rings. The maximum Gasteiger partial charge on any atom is 0.253 e. The summed E-state index contributed by atoms with van der Waals surface area (Å²) in [4.78, 5) is 28.3. The highest BCUT2D eigenvalue weighted by Gasteiger charge is 2.11. The van der Waals surface area contributed by atoms with Crippen LogP contribution in [-0.2, 0) is 11.3 Å². The van der Waals surface area contributed by atoms with E-state index in [0.717, 1.165) is 21.3 Å². The zero-order valence-electron chi connectivity index (χ0n) is 15.6. The van der Waals surface area contributed by atoms with Gasteiger partial charge in [0, 0.05) is 29.2 Å². The molecule has 0 bridgehead atoms. The largest absolute Gasteiger partial charge is 0.348 e. The van der Waals surface area contributed by atoms with E-state index in [1.54, 1.807) is 12.1 Å². The van der Waals surface area contributed by atoms with Crippen molar-refractivity contribution in [2.24, 2.45) is 0 Å². The predicted octanol–water partition coefficient (Wildman–Crippen LogP) is 4.71. The lowest BCUT2D eigenvalue weighted by Crippen LogP contribution is -2.24. The number of amides is 2. The molecule has 0 fully saturated rings. The Balaban J connectivity index is 1.70. The molecular weight excluding hydrogens is 418 g/mol. The molecule has 2 amide bonds. The molecule has 1 heterocycles. The summed E-state index contributed by atoms with van der Waals surface area (Å²) >= 11 is 3.46. The van der Waals surface area contributed by atoms with Crippen molar-refractivity contribution in [1.82, 2.24) is 10.3 Å². The Morgan fingerprint density at radius 3 is 2.54 bits per heavy atom. The Hall–Kier alpha value is -2.99. The number of hydrogen-bond acceptors (Lipinski definition) is 3. The van der Waals surface area contributed by atoms with Crippen LogP contribution < -0.4 is 10.6 Å². The van der Waals surface area contributed by atoms with Gasteiger partial charge in [-0.05, 0) is 48.9 Å². The molecule has 0 atom stereocenters. The van der Waals surface area contributed by atoms with Crippen molar-refractivity contribution in [2.75, 3.05) is 5.32 Å². The zero-order valence-corrected chi connectivity index (χ0v) is 17.2. The Morgan fingerprint density at radius 2 is 1.82 bits per heavy atom. The molecule has 0 unspecified atom stereocenters. The van der Waals surface area contributed by atoms with Crippen LogP contribution in [-0.4, -0.2) is 16.8 Å². The molecule has 28 heavy (non-hydrogen) atoms. The normalized spacial score (nSPS) is 10.4. The number of carbonyl (C=O) groups is 2. The molecule has 0 spiro atoms. The Bertz CT molecular complexity index is 1030. The average Bonchev–Trinajstić information content (AvgIpc) is 2.66. The Morgan fingerprint density at radius 1 is 1.04 bits per heavy atom. The fourth-order valence-corrected chi connectivity index (χ4v) is 3.25. The summed E-state index contributed by atoms with van der Waals surface area (Å²) < 4.78 is 0.979. The standard InChI is InChI=1S/C22H20BrN3O2/c1-14-20(9-10-21(25-14)17-6-4-7-18(23)12-17)22(28)24-13-16-5-3-8-19(11-16)26-15(2)27/h3-12H,13H2,1-2H3,(H,24,28)(H,26,27). The number of nitrogens with zero attached hydrogens (tertiary/aromatic N) is 1. The van der Waals surface area contributed by atoms with Gasteiger partial charge in [0.15, 0.2) is 0 Å². The summed E-state index contributed by atoms with van der Waals surface area (Å²) in [7, 11) is 0. The summed E-state index contributed by atoms with van der Waals surface area (Å²) in [5.74, 6) is -0.316. The van der Waals surface area contributed by atoms with Gasteiger partial charge >= 0.3 is 0 Å². The number of rotatable bonds is 5. The number of nitrogens with one attached hydrogen (secondary N) is 2. The minimum Gasteiger partial charge on any atom is -0.348 e. The summed E-state index contributed by atoms with van der Waals surface area (Å²) in [5.41, 5.74) is 4.61. The highest BCUT2D eigenvalue weighted by atomic mass is 79.9. The molecular formula is C22H20BrN3O2. The first-order valence-corrected chi connectivity index (χ1v) is 9.60. The zero-order chi connectivity index (χ0) is 20.1. The van der Waals surface area contributed by atoms with Gasteiger partial charge in [-0.2, -0.15) is 0 Å². The summed E-state index contributed by atoms with van der Waals surface area (Å²) in [6, 6.07) is 18.9. The van der Waals surface area contributed by atoms with Crippen molar-refractivity contribution in [3.63, 3.8) is 0 Å². The van der Waals surface area contributed by atoms with Crippen LogP contribution in [0, 0.1) is 6.92 Å². The SMILES string of the molecule is CC(=O)Nc1cccc(CNC(=O)c2ccc(-c3cccc(Br)c3)nc2C)c1. The second-order valence-corrected chi connectivity index (χ2v) is 7.32. The third-order valence-electron chi connectivity index (χ3n) is 4.15. The fourth-order valence-electron chi connectivity index (χ4n) is 2.85. The maximum atomic E-state index is 12.6. The van der Waals surface area contributed by atoms with E-state index in [1.807, 2.05) is 55.5 Å². The third kappa shape index (κ3) is 5.04. The molecule has 5 nitrogen and oxygen atoms in total. The molecule has 0 saturated heterocycles. The smallest absolute Gasteiger partial charge is 0.253 e. The number of pyridine rings is 1. The summed E-state index contributed by atoms with van der Waals surface area (Å²) in [5, 5.41) is 5.64. The number of aromatic nitrogens is 1. The van der Waals surface area contributed by atoms with Gasteiger partial charge in [0.25, 0.3) is 5.91 Å². The van der Waals surface area contributed by atoms with Crippen LogP contribution >= 0.6 is 15.9 Å². The van der Waals surface area contributed by atoms with Crippen LogP contribution in [0.5, 0.6) is 0 Å². The number of carbonyl (C=O) groups excluding carboxylic acids is 2. The van der Waals surface area contributed by atoms with Crippen molar-refractivity contribution >= 4 is 33.4 Å². The molecule has 2 N–H and O–H groups in total. The van der Waals surface area contributed by atoms with Crippen molar-refractivity contribution in [1.29, 1.82) is 0 Å². The summed E-state index contributed by atoms with van der Waals surface area (Å²) in [6.07, 6.45) is 0. The lowest BCUT2D eigenvalue weighted by molar-refractivity contribution is -0.114. The first kappa shape index (κ1) is 19.8. The van der Waals surface area contributed by atoms with Gasteiger partial charge in [-0.3, -0.25) is 14.6 Å². The monoisotopic (exact) mass is 437 g/mol. The Kier molecular flexibility index (Phi) is 6.21. The van der Waals surface area contributed by atoms with Gasteiger partial charge in [-0.15, -0.1) is 0 Å². The van der Waals surface area contributed by atoms with Crippen molar-refractivity contribution in [3.05, 3.63) is 82.0 Å². The van der Waals surface area contributed by atoms with E-state index in [2.05, 4.69) is 31.5 Å². The minimum absolute atomic E-state index is 0.131. The highest BCUT2D eigenvalue weighted by Crippen LogP contribution is 2.22. The Labute approximate surface area is 172 Å². The minimum atomic E-state index is -0.185. The van der Waals surface area contributed by atoms with Crippen LogP contribution in [0.15, 0.2) is 65.1 Å². The first-order chi connectivity index (χ1) is 13.4. The van der Waals surface area contributed by atoms with E-state index in [1.165, 1.54) is 6.92 Å². The van der Waals surface area contributed by atoms with Crippen LogP contribution in [0.1, 0.15) is 28.5 Å². The quantitative estimate of drug-likeness (QED) is 0.606. The van der Waals surface area contributed by atoms with Crippen LogP contribution in [0.4, 0.5) is 5.69 Å². The van der Waals surface area contributed by atoms with Gasteiger partial charge < -0.3 is 10.6 Å². The molecule has 0 radical (unpaired) electrons. The number of halogens is 1. The van der Waals surface area contributed by atoms with E-state index in [0.29, 0.717) is 23.5 Å². The molecule has 142 valence electrons. The topological polar surface area (TPSA) is 71.1 Å². The lowest BCUT2D eigenvalue weighted by atomic mass is 10.1. The average molecular weight is 438 g/mol. The second-order valence-electron chi connectivity index (χ2n) is 6.40. The molecule has 0 aliphatic heterocycles. The van der Waals surface area contributed by atoms with Crippen LogP contribution in [0.2, 0.25) is 0 Å². The number of benzene rings is 2. The van der Waals surface area contributed by atoms with Gasteiger partial charge in [0.1, 0.15) is 0 Å². The predicted molar refractivity (Wildman–Crippen MR) is 114 cm³/mol. The molecule has 0 aliphatic carbocycles. The van der Waals surface area contributed by atoms with Gasteiger partial charge in [0.2, 0.25) is 5.91 Å². The number of anilines is 1. The third-order valence-corrected chi connectivity index (χ3v) is 4.64. The molecule has 3 aromatic rings. The van der Waals surface area contributed by atoms with Gasteiger partial charge in [-0.1, -0.05) is 40.2 Å². The van der Waals surface area contributed by atoms with E-state index in [4.69, 9.17) is 0 Å². The second kappa shape index (κ2) is 8.80. The maximum absolute atomic E-state index is 12.6. The molecule has 2 aromatic carbocycles. The highest BCUT2D eigenvalue weighted by molar-refractivity contribution is 9.10. The number of aryl methyl sites for hydroxylation is 1. The van der Waals surface area contributed by atoms with Crippen LogP contribution in [0.25, 0.3) is 11.3 Å². The van der Waals surface area contributed by atoms with Gasteiger partial charge in [0.05, 0.1) is 17.0 Å². The van der Waals surface area contributed by atoms with Crippen molar-refractivity contribution in [2.45, 2.75) is 20.4 Å². The van der Waals surface area contributed by atoms with Crippen LogP contribution in [0.3, 0.4) is 0 Å². The molecule has 3 rings (SSSR count). The van der Waals surface area contributed by atoms with E-state index < -0.39 is 0 Å². The molecule has 0 saturated carbocycles.